The molecule has 164 valence electrons. The van der Waals surface area contributed by atoms with E-state index in [0.717, 1.165) is 70.3 Å². The van der Waals surface area contributed by atoms with Crippen LogP contribution in [0.3, 0.4) is 0 Å². The number of aromatic nitrogens is 2. The number of ether oxygens (including phenoxy) is 1. The molecule has 1 fully saturated rings. The molecule has 3 heterocycles. The maximum atomic E-state index is 13.0. The van der Waals surface area contributed by atoms with Crippen LogP contribution in [-0.4, -0.2) is 59.0 Å². The van der Waals surface area contributed by atoms with Gasteiger partial charge < -0.3 is 9.64 Å². The van der Waals surface area contributed by atoms with Crippen LogP contribution in [-0.2, 0) is 6.54 Å². The number of piperazine rings is 1. The Balaban J connectivity index is 1.33. The molecular formula is C23H28N4O2S2. The van der Waals surface area contributed by atoms with Gasteiger partial charge in [0.05, 0.1) is 23.5 Å². The van der Waals surface area contributed by atoms with Crippen molar-refractivity contribution in [2.75, 3.05) is 33.3 Å². The van der Waals surface area contributed by atoms with Crippen molar-refractivity contribution in [1.82, 2.24) is 19.8 Å². The standard InChI is InChI=1S/C23H28N4O2S2/c1-15(2)21-24-16(3)20(31-21)23(28)27-11-9-26(10-12-27)13-18-14-30-22(25-18)17-5-7-19(29-4)8-6-17/h5-8,14-15H,9-13H2,1-4H3. The van der Waals surface area contributed by atoms with E-state index in [1.165, 1.54) is 0 Å². The van der Waals surface area contributed by atoms with Crippen molar-refractivity contribution in [3.63, 3.8) is 0 Å². The van der Waals surface area contributed by atoms with Crippen LogP contribution in [0.1, 0.15) is 45.8 Å². The highest BCUT2D eigenvalue weighted by atomic mass is 32.1. The SMILES string of the molecule is COc1ccc(-c2nc(CN3CCN(C(=O)c4sc(C(C)C)nc4C)CC3)cs2)cc1. The molecule has 0 aliphatic carbocycles. The molecule has 6 nitrogen and oxygen atoms in total. The first-order chi connectivity index (χ1) is 14.9. The van der Waals surface area contributed by atoms with Gasteiger partial charge in [0.1, 0.15) is 15.6 Å². The number of aryl methyl sites for hydroxylation is 1. The van der Waals surface area contributed by atoms with Crippen LogP contribution in [0.5, 0.6) is 5.75 Å². The lowest BCUT2D eigenvalue weighted by Gasteiger charge is -2.34. The first kappa shape index (κ1) is 21.9. The Labute approximate surface area is 191 Å². The van der Waals surface area contributed by atoms with Gasteiger partial charge in [-0.25, -0.2) is 9.97 Å². The number of amides is 1. The lowest BCUT2D eigenvalue weighted by atomic mass is 10.2. The van der Waals surface area contributed by atoms with Gasteiger partial charge in [-0.1, -0.05) is 13.8 Å². The Morgan fingerprint density at radius 2 is 1.84 bits per heavy atom. The molecule has 0 unspecified atom stereocenters. The predicted molar refractivity (Wildman–Crippen MR) is 126 cm³/mol. The first-order valence-electron chi connectivity index (χ1n) is 10.5. The molecule has 1 aliphatic heterocycles. The zero-order valence-corrected chi connectivity index (χ0v) is 20.1. The number of carbonyl (C=O) groups excluding carboxylic acids is 1. The Bertz CT molecular complexity index is 1030. The summed E-state index contributed by atoms with van der Waals surface area (Å²) in [6, 6.07) is 8.00. The molecule has 0 spiro atoms. The number of thiazole rings is 2. The van der Waals surface area contributed by atoms with E-state index in [9.17, 15) is 4.79 Å². The number of carbonyl (C=O) groups is 1. The fraction of sp³-hybridized carbons (Fsp3) is 0.435. The highest BCUT2D eigenvalue weighted by molar-refractivity contribution is 7.14. The highest BCUT2D eigenvalue weighted by Crippen LogP contribution is 2.28. The van der Waals surface area contributed by atoms with Crippen molar-refractivity contribution in [1.29, 1.82) is 0 Å². The summed E-state index contributed by atoms with van der Waals surface area (Å²) in [5, 5.41) is 4.19. The van der Waals surface area contributed by atoms with Gasteiger partial charge in [0, 0.05) is 49.6 Å². The maximum absolute atomic E-state index is 13.0. The lowest BCUT2D eigenvalue weighted by molar-refractivity contribution is 0.0631. The Hall–Kier alpha value is -2.29. The van der Waals surface area contributed by atoms with Crippen LogP contribution < -0.4 is 4.74 Å². The summed E-state index contributed by atoms with van der Waals surface area (Å²) < 4.78 is 5.23. The summed E-state index contributed by atoms with van der Waals surface area (Å²) >= 11 is 3.21. The maximum Gasteiger partial charge on any atom is 0.265 e. The second kappa shape index (κ2) is 9.46. The van der Waals surface area contributed by atoms with Crippen molar-refractivity contribution in [2.24, 2.45) is 0 Å². The third kappa shape index (κ3) is 4.97. The minimum atomic E-state index is 0.122. The van der Waals surface area contributed by atoms with Crippen LogP contribution in [0, 0.1) is 6.92 Å². The largest absolute Gasteiger partial charge is 0.497 e. The van der Waals surface area contributed by atoms with Crippen LogP contribution in [0.4, 0.5) is 0 Å². The topological polar surface area (TPSA) is 58.6 Å². The van der Waals surface area contributed by atoms with Gasteiger partial charge in [-0.05, 0) is 31.2 Å². The van der Waals surface area contributed by atoms with E-state index >= 15 is 0 Å². The summed E-state index contributed by atoms with van der Waals surface area (Å²) in [5.41, 5.74) is 3.04. The second-order valence-electron chi connectivity index (χ2n) is 8.06. The van der Waals surface area contributed by atoms with E-state index in [-0.39, 0.29) is 5.91 Å². The average molecular weight is 457 g/mol. The molecule has 0 saturated carbocycles. The van der Waals surface area contributed by atoms with Gasteiger partial charge in [0.15, 0.2) is 0 Å². The van der Waals surface area contributed by atoms with Gasteiger partial charge in [-0.2, -0.15) is 0 Å². The fourth-order valence-corrected chi connectivity index (χ4v) is 5.44. The zero-order valence-electron chi connectivity index (χ0n) is 18.4. The van der Waals surface area contributed by atoms with Crippen LogP contribution in [0.15, 0.2) is 29.6 Å². The molecule has 0 N–H and O–H groups in total. The number of benzene rings is 1. The summed E-state index contributed by atoms with van der Waals surface area (Å²) in [6.07, 6.45) is 0. The third-order valence-electron chi connectivity index (χ3n) is 5.44. The van der Waals surface area contributed by atoms with E-state index in [0.29, 0.717) is 5.92 Å². The molecule has 0 bridgehead atoms. The van der Waals surface area contributed by atoms with E-state index < -0.39 is 0 Å². The Morgan fingerprint density at radius 1 is 1.13 bits per heavy atom. The Morgan fingerprint density at radius 3 is 2.45 bits per heavy atom. The van der Waals surface area contributed by atoms with Gasteiger partial charge >= 0.3 is 0 Å². The van der Waals surface area contributed by atoms with E-state index in [2.05, 4.69) is 29.1 Å². The normalized spacial score (nSPS) is 14.9. The van der Waals surface area contributed by atoms with Crippen LogP contribution in [0.25, 0.3) is 10.6 Å². The molecule has 3 aromatic rings. The lowest BCUT2D eigenvalue weighted by Crippen LogP contribution is -2.48. The molecule has 0 atom stereocenters. The highest BCUT2D eigenvalue weighted by Gasteiger charge is 2.26. The average Bonchev–Trinajstić information content (AvgIpc) is 3.41. The molecule has 8 heteroatoms. The predicted octanol–water partition coefficient (Wildman–Crippen LogP) is 4.67. The van der Waals surface area contributed by atoms with E-state index in [4.69, 9.17) is 9.72 Å². The minimum absolute atomic E-state index is 0.122. The Kier molecular flexibility index (Phi) is 6.69. The number of rotatable bonds is 6. The summed E-state index contributed by atoms with van der Waals surface area (Å²) in [6.45, 7) is 10.2. The first-order valence-corrected chi connectivity index (χ1v) is 12.2. The van der Waals surface area contributed by atoms with Gasteiger partial charge in [-0.3, -0.25) is 9.69 Å². The van der Waals surface area contributed by atoms with Crippen molar-refractivity contribution in [3.8, 4) is 16.3 Å². The number of nitrogens with zero attached hydrogens (tertiary/aromatic N) is 4. The van der Waals surface area contributed by atoms with Gasteiger partial charge in [0.2, 0.25) is 0 Å². The van der Waals surface area contributed by atoms with Crippen LogP contribution in [0.2, 0.25) is 0 Å². The molecule has 1 amide bonds. The fourth-order valence-electron chi connectivity index (χ4n) is 3.59. The smallest absolute Gasteiger partial charge is 0.265 e. The molecule has 2 aromatic heterocycles. The van der Waals surface area contributed by atoms with Crippen molar-refractivity contribution in [3.05, 3.63) is 50.9 Å². The molecule has 31 heavy (non-hydrogen) atoms. The minimum Gasteiger partial charge on any atom is -0.497 e. The van der Waals surface area contributed by atoms with E-state index in [1.807, 2.05) is 36.1 Å². The molecule has 1 aliphatic rings. The van der Waals surface area contributed by atoms with Crippen molar-refractivity contribution in [2.45, 2.75) is 33.2 Å². The quantitative estimate of drug-likeness (QED) is 0.540. The molecular weight excluding hydrogens is 428 g/mol. The summed E-state index contributed by atoms with van der Waals surface area (Å²) in [7, 11) is 1.67. The summed E-state index contributed by atoms with van der Waals surface area (Å²) in [4.78, 5) is 27.5. The van der Waals surface area contributed by atoms with Crippen LogP contribution >= 0.6 is 22.7 Å². The molecule has 1 aromatic carbocycles. The zero-order chi connectivity index (χ0) is 22.0. The number of hydrogen-bond donors (Lipinski definition) is 0. The molecule has 1 saturated heterocycles. The summed E-state index contributed by atoms with van der Waals surface area (Å²) in [5.74, 6) is 1.32. The number of hydrogen-bond acceptors (Lipinski definition) is 7. The monoisotopic (exact) mass is 456 g/mol. The van der Waals surface area contributed by atoms with Gasteiger partial charge in [0.25, 0.3) is 5.91 Å². The van der Waals surface area contributed by atoms with Gasteiger partial charge in [-0.15, -0.1) is 22.7 Å². The number of methoxy groups -OCH3 is 1. The van der Waals surface area contributed by atoms with Crippen molar-refractivity contribution < 1.29 is 9.53 Å². The third-order valence-corrected chi connectivity index (χ3v) is 7.82. The van der Waals surface area contributed by atoms with E-state index in [1.54, 1.807) is 29.8 Å². The molecule has 4 rings (SSSR count). The van der Waals surface area contributed by atoms with Crippen molar-refractivity contribution >= 4 is 28.6 Å². The second-order valence-corrected chi connectivity index (χ2v) is 9.95. The molecule has 0 radical (unpaired) electrons.